The number of benzene rings is 1. The van der Waals surface area contributed by atoms with Gasteiger partial charge in [0.1, 0.15) is 5.54 Å². The van der Waals surface area contributed by atoms with Gasteiger partial charge in [-0.2, -0.15) is 12.6 Å². The second kappa shape index (κ2) is 5.25. The molecule has 0 aromatic heterocycles. The van der Waals surface area contributed by atoms with E-state index in [2.05, 4.69) is 17.9 Å². The number of imide groups is 1. The highest BCUT2D eigenvalue weighted by molar-refractivity contribution is 7.80. The third-order valence-corrected chi connectivity index (χ3v) is 3.78. The lowest BCUT2D eigenvalue weighted by Gasteiger charge is -2.21. The molecular weight excluding hydrogens is 260 g/mol. The summed E-state index contributed by atoms with van der Waals surface area (Å²) in [5, 5.41) is 2.69. The summed E-state index contributed by atoms with van der Waals surface area (Å²) in [6.07, 6.45) is 0. The topological polar surface area (TPSA) is 49.4 Å². The van der Waals surface area contributed by atoms with Gasteiger partial charge >= 0.3 is 6.03 Å². The molecule has 3 amide bonds. The van der Waals surface area contributed by atoms with Crippen LogP contribution in [-0.2, 0) is 4.79 Å². The maximum absolute atomic E-state index is 12.1. The molecule has 102 valence electrons. The molecule has 1 aromatic carbocycles. The van der Waals surface area contributed by atoms with Gasteiger partial charge in [-0.1, -0.05) is 30.3 Å². The number of thiol groups is 1. The van der Waals surface area contributed by atoms with Gasteiger partial charge in [0, 0.05) is 12.5 Å². The molecule has 1 atom stereocenters. The molecule has 0 bridgehead atoms. The molecule has 1 unspecified atom stereocenters. The fourth-order valence-electron chi connectivity index (χ4n) is 2.20. The van der Waals surface area contributed by atoms with Gasteiger partial charge < -0.3 is 5.32 Å². The number of hydrogen-bond donors (Lipinski definition) is 2. The van der Waals surface area contributed by atoms with Crippen LogP contribution in [0.15, 0.2) is 30.3 Å². The Balaban J connectivity index is 2.16. The van der Waals surface area contributed by atoms with Crippen molar-refractivity contribution in [3.63, 3.8) is 0 Å². The summed E-state index contributed by atoms with van der Waals surface area (Å²) < 4.78 is 0. The average Bonchev–Trinajstić information content (AvgIpc) is 2.58. The second-order valence-electron chi connectivity index (χ2n) is 5.26. The van der Waals surface area contributed by atoms with Crippen LogP contribution >= 0.6 is 12.6 Å². The van der Waals surface area contributed by atoms with Gasteiger partial charge in [0.05, 0.1) is 0 Å². The molecule has 1 N–H and O–H groups in total. The summed E-state index contributed by atoms with van der Waals surface area (Å²) in [5.74, 6) is 0.454. The zero-order valence-corrected chi connectivity index (χ0v) is 12.0. The molecule has 1 saturated heterocycles. The number of rotatable bonds is 4. The summed E-state index contributed by atoms with van der Waals surface area (Å²) in [4.78, 5) is 25.3. The van der Waals surface area contributed by atoms with Crippen molar-refractivity contribution < 1.29 is 9.59 Å². The first-order valence-corrected chi connectivity index (χ1v) is 6.89. The number of carbonyl (C=O) groups excluding carboxylic acids is 2. The molecule has 1 aliphatic heterocycles. The van der Waals surface area contributed by atoms with E-state index < -0.39 is 5.54 Å². The molecule has 1 fully saturated rings. The lowest BCUT2D eigenvalue weighted by Crippen LogP contribution is -2.41. The Morgan fingerprint density at radius 3 is 2.37 bits per heavy atom. The Hall–Kier alpha value is -1.49. The molecule has 4 nitrogen and oxygen atoms in total. The highest BCUT2D eigenvalue weighted by Crippen LogP contribution is 2.23. The minimum absolute atomic E-state index is 0.0492. The summed E-state index contributed by atoms with van der Waals surface area (Å²) >= 11 is 4.33. The maximum atomic E-state index is 12.1. The summed E-state index contributed by atoms with van der Waals surface area (Å²) in [7, 11) is 0. The van der Waals surface area contributed by atoms with E-state index in [1.807, 2.05) is 30.3 Å². The lowest BCUT2D eigenvalue weighted by molar-refractivity contribution is -0.130. The van der Waals surface area contributed by atoms with Gasteiger partial charge in [0.2, 0.25) is 0 Å². The van der Waals surface area contributed by atoms with Crippen molar-refractivity contribution in [1.82, 2.24) is 10.2 Å². The van der Waals surface area contributed by atoms with Crippen molar-refractivity contribution in [2.75, 3.05) is 12.3 Å². The van der Waals surface area contributed by atoms with Crippen LogP contribution in [0.2, 0.25) is 0 Å². The quantitative estimate of drug-likeness (QED) is 0.654. The molecule has 0 spiro atoms. The predicted molar refractivity (Wildman–Crippen MR) is 77.4 cm³/mol. The van der Waals surface area contributed by atoms with Crippen LogP contribution in [0.4, 0.5) is 4.79 Å². The molecule has 0 radical (unpaired) electrons. The number of amides is 3. The van der Waals surface area contributed by atoms with Crippen LogP contribution < -0.4 is 5.32 Å². The Labute approximate surface area is 118 Å². The number of hydrogen-bond acceptors (Lipinski definition) is 3. The lowest BCUT2D eigenvalue weighted by atomic mass is 10.00. The Morgan fingerprint density at radius 2 is 1.89 bits per heavy atom. The third-order valence-electron chi connectivity index (χ3n) is 3.34. The van der Waals surface area contributed by atoms with Crippen LogP contribution in [0, 0.1) is 0 Å². The zero-order valence-electron chi connectivity index (χ0n) is 11.1. The Bertz CT molecular complexity index is 487. The number of nitrogens with zero attached hydrogens (tertiary/aromatic N) is 1. The van der Waals surface area contributed by atoms with E-state index >= 15 is 0 Å². The monoisotopic (exact) mass is 278 g/mol. The highest BCUT2D eigenvalue weighted by Gasteiger charge is 2.44. The normalized spacial score (nSPS) is 19.4. The molecule has 1 heterocycles. The van der Waals surface area contributed by atoms with Crippen molar-refractivity contribution in [2.24, 2.45) is 0 Å². The van der Waals surface area contributed by atoms with E-state index in [0.29, 0.717) is 12.3 Å². The van der Waals surface area contributed by atoms with Crippen molar-refractivity contribution in [3.05, 3.63) is 35.9 Å². The smallest absolute Gasteiger partial charge is 0.324 e. The van der Waals surface area contributed by atoms with E-state index in [4.69, 9.17) is 0 Å². The van der Waals surface area contributed by atoms with Gasteiger partial charge in [-0.3, -0.25) is 9.69 Å². The fraction of sp³-hybridized carbons (Fsp3) is 0.429. The van der Waals surface area contributed by atoms with Crippen LogP contribution in [0.5, 0.6) is 0 Å². The van der Waals surface area contributed by atoms with Crippen molar-refractivity contribution in [2.45, 2.75) is 25.3 Å². The number of carbonyl (C=O) groups is 2. The van der Waals surface area contributed by atoms with Crippen molar-refractivity contribution in [1.29, 1.82) is 0 Å². The van der Waals surface area contributed by atoms with E-state index in [9.17, 15) is 9.59 Å². The minimum atomic E-state index is -0.811. The molecule has 1 aromatic rings. The SMILES string of the molecule is CC1(C)NC(=O)N(CC(CS)c2ccccc2)C1=O. The molecule has 1 aliphatic rings. The first-order valence-electron chi connectivity index (χ1n) is 6.25. The zero-order chi connectivity index (χ0) is 14.0. The van der Waals surface area contributed by atoms with Crippen molar-refractivity contribution >= 4 is 24.6 Å². The van der Waals surface area contributed by atoms with E-state index in [-0.39, 0.29) is 17.9 Å². The van der Waals surface area contributed by atoms with Gasteiger partial charge in [-0.25, -0.2) is 4.79 Å². The number of nitrogens with one attached hydrogen (secondary N) is 1. The van der Waals surface area contributed by atoms with Gasteiger partial charge in [-0.15, -0.1) is 0 Å². The summed E-state index contributed by atoms with van der Waals surface area (Å²) in [6.45, 7) is 3.79. The van der Waals surface area contributed by atoms with Crippen LogP contribution in [-0.4, -0.2) is 34.7 Å². The van der Waals surface area contributed by atoms with Crippen molar-refractivity contribution in [3.8, 4) is 0 Å². The third kappa shape index (κ3) is 2.76. The standard InChI is InChI=1S/C14H18N2O2S/c1-14(2)12(17)16(13(18)15-14)8-11(9-19)10-6-4-3-5-7-10/h3-7,11,19H,8-9H2,1-2H3,(H,15,18). The fourth-order valence-corrected chi connectivity index (χ4v) is 2.52. The Morgan fingerprint density at radius 1 is 1.26 bits per heavy atom. The second-order valence-corrected chi connectivity index (χ2v) is 5.63. The minimum Gasteiger partial charge on any atom is -0.324 e. The molecule has 2 rings (SSSR count). The Kier molecular flexibility index (Phi) is 3.85. The molecule has 0 aliphatic carbocycles. The van der Waals surface area contributed by atoms with E-state index in [1.165, 1.54) is 4.90 Å². The first kappa shape index (κ1) is 13.9. The molecule has 0 saturated carbocycles. The maximum Gasteiger partial charge on any atom is 0.325 e. The molecule has 19 heavy (non-hydrogen) atoms. The summed E-state index contributed by atoms with van der Waals surface area (Å²) in [5.41, 5.74) is 0.275. The largest absolute Gasteiger partial charge is 0.325 e. The summed E-state index contributed by atoms with van der Waals surface area (Å²) in [6, 6.07) is 9.49. The first-order chi connectivity index (χ1) is 8.95. The van der Waals surface area contributed by atoms with E-state index in [0.717, 1.165) is 5.56 Å². The number of urea groups is 1. The average molecular weight is 278 g/mol. The van der Waals surface area contributed by atoms with Gasteiger partial charge in [0.15, 0.2) is 0 Å². The van der Waals surface area contributed by atoms with Crippen LogP contribution in [0.1, 0.15) is 25.3 Å². The van der Waals surface area contributed by atoms with Gasteiger partial charge in [-0.05, 0) is 25.2 Å². The van der Waals surface area contributed by atoms with E-state index in [1.54, 1.807) is 13.8 Å². The molecular formula is C14H18N2O2S. The molecule has 5 heteroatoms. The highest BCUT2D eigenvalue weighted by atomic mass is 32.1. The van der Waals surface area contributed by atoms with Gasteiger partial charge in [0.25, 0.3) is 5.91 Å². The predicted octanol–water partition coefficient (Wildman–Crippen LogP) is 2.03. The van der Waals surface area contributed by atoms with Crippen LogP contribution in [0.25, 0.3) is 0 Å². The van der Waals surface area contributed by atoms with Crippen LogP contribution in [0.3, 0.4) is 0 Å².